The lowest BCUT2D eigenvalue weighted by atomic mass is 9.89. The summed E-state index contributed by atoms with van der Waals surface area (Å²) < 4.78 is 0. The third-order valence-corrected chi connectivity index (χ3v) is 6.16. The van der Waals surface area contributed by atoms with E-state index < -0.39 is 0 Å². The van der Waals surface area contributed by atoms with Gasteiger partial charge in [-0.15, -0.1) is 0 Å². The molecule has 4 rings (SSSR count). The fourth-order valence-corrected chi connectivity index (χ4v) is 4.50. The second-order valence-electron chi connectivity index (χ2n) is 7.78. The van der Waals surface area contributed by atoms with Crippen LogP contribution in [0.25, 0.3) is 0 Å². The van der Waals surface area contributed by atoms with Crippen LogP contribution in [0.3, 0.4) is 0 Å². The quantitative estimate of drug-likeness (QED) is 0.848. The maximum Gasteiger partial charge on any atom is 0.225 e. The Morgan fingerprint density at radius 2 is 1.52 bits per heavy atom. The largest absolute Gasteiger partial charge is 0.342 e. The van der Waals surface area contributed by atoms with Gasteiger partial charge in [0.15, 0.2) is 0 Å². The van der Waals surface area contributed by atoms with Gasteiger partial charge in [0.05, 0.1) is 0 Å². The number of carbonyl (C=O) groups excluding carboxylic acids is 2. The minimum absolute atomic E-state index is 0.0947. The maximum absolute atomic E-state index is 12.7. The van der Waals surface area contributed by atoms with E-state index in [1.165, 1.54) is 12.8 Å². The van der Waals surface area contributed by atoms with E-state index in [9.17, 15) is 9.59 Å². The van der Waals surface area contributed by atoms with Crippen LogP contribution in [0.1, 0.15) is 50.1 Å². The standard InChI is InChI=1S/C20H27N3O2/c24-19(15-5-1-2-6-15)22-11-8-16(9-12-22)20(25)23-13-17(14-23)18-7-3-4-10-21-18/h3-4,7,10,15-17H,1-2,5-6,8-9,11-14H2. The van der Waals surface area contributed by atoms with Crippen LogP contribution < -0.4 is 0 Å². The minimum atomic E-state index is 0.0947. The summed E-state index contributed by atoms with van der Waals surface area (Å²) in [6, 6.07) is 5.97. The number of nitrogens with zero attached hydrogens (tertiary/aromatic N) is 3. The number of pyridine rings is 1. The number of aromatic nitrogens is 1. The van der Waals surface area contributed by atoms with Gasteiger partial charge in [-0.05, 0) is 37.8 Å². The molecule has 1 saturated carbocycles. The molecule has 3 fully saturated rings. The molecule has 1 aromatic rings. The van der Waals surface area contributed by atoms with Crippen molar-refractivity contribution in [2.24, 2.45) is 11.8 Å². The summed E-state index contributed by atoms with van der Waals surface area (Å²) in [5, 5.41) is 0. The van der Waals surface area contributed by atoms with Crippen molar-refractivity contribution in [2.75, 3.05) is 26.2 Å². The first-order valence-corrected chi connectivity index (χ1v) is 9.71. The zero-order chi connectivity index (χ0) is 17.2. The van der Waals surface area contributed by atoms with Crippen molar-refractivity contribution in [2.45, 2.75) is 44.4 Å². The number of likely N-dealkylation sites (tertiary alicyclic amines) is 2. The van der Waals surface area contributed by atoms with Crippen LogP contribution in [0.2, 0.25) is 0 Å². The lowest BCUT2D eigenvalue weighted by Gasteiger charge is -2.42. The van der Waals surface area contributed by atoms with Crippen molar-refractivity contribution in [3.8, 4) is 0 Å². The molecule has 3 heterocycles. The molecule has 0 bridgehead atoms. The smallest absolute Gasteiger partial charge is 0.225 e. The molecule has 2 aliphatic heterocycles. The topological polar surface area (TPSA) is 53.5 Å². The van der Waals surface area contributed by atoms with Crippen LogP contribution in [0.4, 0.5) is 0 Å². The zero-order valence-corrected chi connectivity index (χ0v) is 14.8. The molecule has 1 aromatic heterocycles. The van der Waals surface area contributed by atoms with Gasteiger partial charge in [0.2, 0.25) is 11.8 Å². The fourth-order valence-electron chi connectivity index (χ4n) is 4.50. The van der Waals surface area contributed by atoms with Crippen molar-refractivity contribution in [3.05, 3.63) is 30.1 Å². The second-order valence-corrected chi connectivity index (χ2v) is 7.78. The Balaban J connectivity index is 1.24. The molecule has 0 unspecified atom stereocenters. The SMILES string of the molecule is O=C(C1CCCC1)N1CCC(C(=O)N2CC(c3ccccn3)C2)CC1. The molecule has 0 atom stereocenters. The number of rotatable bonds is 3. The van der Waals surface area contributed by atoms with Crippen LogP contribution in [-0.2, 0) is 9.59 Å². The summed E-state index contributed by atoms with van der Waals surface area (Å²) in [6.07, 6.45) is 7.96. The van der Waals surface area contributed by atoms with Crippen molar-refractivity contribution in [1.82, 2.24) is 14.8 Å². The van der Waals surface area contributed by atoms with E-state index in [4.69, 9.17) is 0 Å². The van der Waals surface area contributed by atoms with Crippen molar-refractivity contribution >= 4 is 11.8 Å². The van der Waals surface area contributed by atoms with Gasteiger partial charge in [0.25, 0.3) is 0 Å². The Morgan fingerprint density at radius 3 is 2.16 bits per heavy atom. The average molecular weight is 341 g/mol. The van der Waals surface area contributed by atoms with Gasteiger partial charge in [-0.3, -0.25) is 14.6 Å². The highest BCUT2D eigenvalue weighted by Crippen LogP contribution is 2.31. The summed E-state index contributed by atoms with van der Waals surface area (Å²) >= 11 is 0. The number of hydrogen-bond acceptors (Lipinski definition) is 3. The van der Waals surface area contributed by atoms with Gasteiger partial charge >= 0.3 is 0 Å². The van der Waals surface area contributed by atoms with Crippen molar-refractivity contribution in [3.63, 3.8) is 0 Å². The van der Waals surface area contributed by atoms with Crippen LogP contribution >= 0.6 is 0 Å². The molecule has 0 spiro atoms. The van der Waals surface area contributed by atoms with Gasteiger partial charge in [-0.25, -0.2) is 0 Å². The summed E-state index contributed by atoms with van der Waals surface area (Å²) in [5.74, 6) is 1.34. The predicted octanol–water partition coefficient (Wildman–Crippen LogP) is 2.44. The maximum atomic E-state index is 12.7. The molecule has 134 valence electrons. The Hall–Kier alpha value is -1.91. The van der Waals surface area contributed by atoms with E-state index in [1.807, 2.05) is 34.2 Å². The molecule has 3 aliphatic rings. The molecule has 25 heavy (non-hydrogen) atoms. The third-order valence-electron chi connectivity index (χ3n) is 6.16. The highest BCUT2D eigenvalue weighted by molar-refractivity contribution is 5.82. The fraction of sp³-hybridized carbons (Fsp3) is 0.650. The number of carbonyl (C=O) groups is 2. The van der Waals surface area contributed by atoms with E-state index in [1.54, 1.807) is 0 Å². The molecule has 5 heteroatoms. The molecular weight excluding hydrogens is 314 g/mol. The van der Waals surface area contributed by atoms with Crippen LogP contribution in [0, 0.1) is 11.8 Å². The van der Waals surface area contributed by atoms with Crippen molar-refractivity contribution < 1.29 is 9.59 Å². The van der Waals surface area contributed by atoms with Crippen LogP contribution in [0.15, 0.2) is 24.4 Å². The summed E-state index contributed by atoms with van der Waals surface area (Å²) in [7, 11) is 0. The van der Waals surface area contributed by atoms with E-state index in [0.717, 1.165) is 57.6 Å². The molecule has 1 aliphatic carbocycles. The van der Waals surface area contributed by atoms with E-state index >= 15 is 0 Å². The van der Waals surface area contributed by atoms with E-state index in [0.29, 0.717) is 11.8 Å². The Bertz CT molecular complexity index is 613. The second kappa shape index (κ2) is 7.14. The van der Waals surface area contributed by atoms with Crippen LogP contribution in [-0.4, -0.2) is 52.8 Å². The molecule has 0 radical (unpaired) electrons. The summed E-state index contributed by atoms with van der Waals surface area (Å²) in [5.41, 5.74) is 1.09. The molecule has 2 amide bonds. The van der Waals surface area contributed by atoms with Gasteiger partial charge in [-0.1, -0.05) is 18.9 Å². The first-order valence-electron chi connectivity index (χ1n) is 9.71. The Labute approximate surface area is 149 Å². The monoisotopic (exact) mass is 341 g/mol. The van der Waals surface area contributed by atoms with E-state index in [2.05, 4.69) is 4.98 Å². The number of amides is 2. The Morgan fingerprint density at radius 1 is 0.880 bits per heavy atom. The Kier molecular flexibility index (Phi) is 4.73. The van der Waals surface area contributed by atoms with Gasteiger partial charge in [0.1, 0.15) is 0 Å². The zero-order valence-electron chi connectivity index (χ0n) is 14.8. The highest BCUT2D eigenvalue weighted by atomic mass is 16.2. The highest BCUT2D eigenvalue weighted by Gasteiger charge is 2.38. The van der Waals surface area contributed by atoms with E-state index in [-0.39, 0.29) is 17.7 Å². The number of hydrogen-bond donors (Lipinski definition) is 0. The molecule has 0 aromatic carbocycles. The lowest BCUT2D eigenvalue weighted by Crippen LogP contribution is -2.53. The van der Waals surface area contributed by atoms with Gasteiger partial charge < -0.3 is 9.80 Å². The normalized spacial score (nSPS) is 22.9. The first-order chi connectivity index (χ1) is 12.2. The van der Waals surface area contributed by atoms with Crippen molar-refractivity contribution in [1.29, 1.82) is 0 Å². The molecule has 0 N–H and O–H groups in total. The summed E-state index contributed by atoms with van der Waals surface area (Å²) in [4.78, 5) is 33.6. The lowest BCUT2D eigenvalue weighted by molar-refractivity contribution is -0.145. The molecular formula is C20H27N3O2. The van der Waals surface area contributed by atoms with Gasteiger partial charge in [0, 0.05) is 55.8 Å². The minimum Gasteiger partial charge on any atom is -0.342 e. The summed E-state index contributed by atoms with van der Waals surface area (Å²) in [6.45, 7) is 3.08. The number of piperidine rings is 1. The van der Waals surface area contributed by atoms with Crippen LogP contribution in [0.5, 0.6) is 0 Å². The average Bonchev–Trinajstić information content (AvgIpc) is 3.15. The third kappa shape index (κ3) is 3.42. The first kappa shape index (κ1) is 16.6. The molecule has 5 nitrogen and oxygen atoms in total. The van der Waals surface area contributed by atoms with Gasteiger partial charge in [-0.2, -0.15) is 0 Å². The molecule has 2 saturated heterocycles. The predicted molar refractivity (Wildman–Crippen MR) is 94.8 cm³/mol.